The summed E-state index contributed by atoms with van der Waals surface area (Å²) in [5.74, 6) is -9.15. The van der Waals surface area contributed by atoms with Crippen LogP contribution in [0.1, 0.15) is 49.0 Å². The molecule has 0 N–H and O–H groups in total. The first kappa shape index (κ1) is 25.4. The predicted molar refractivity (Wildman–Crippen MR) is 111 cm³/mol. The van der Waals surface area contributed by atoms with Crippen molar-refractivity contribution in [2.75, 3.05) is 6.61 Å². The molecule has 0 amide bonds. The van der Waals surface area contributed by atoms with Gasteiger partial charge in [0.25, 0.3) is 0 Å². The lowest BCUT2D eigenvalue weighted by atomic mass is 9.99. The van der Waals surface area contributed by atoms with Gasteiger partial charge in [0.2, 0.25) is 0 Å². The molecule has 1 aliphatic heterocycles. The van der Waals surface area contributed by atoms with E-state index >= 15 is 0 Å². The highest BCUT2D eigenvalue weighted by Crippen LogP contribution is 2.40. The first-order chi connectivity index (χ1) is 16.5. The molecule has 0 radical (unpaired) electrons. The topological polar surface area (TPSA) is 18.5 Å². The second-order valence-electron chi connectivity index (χ2n) is 8.39. The van der Waals surface area contributed by atoms with Crippen molar-refractivity contribution in [3.8, 4) is 0 Å². The molecule has 0 spiro atoms. The van der Waals surface area contributed by atoms with Gasteiger partial charge in [-0.2, -0.15) is 8.78 Å². The summed E-state index contributed by atoms with van der Waals surface area (Å²) in [6.07, 6.45) is -5.72. The third kappa shape index (κ3) is 4.86. The highest BCUT2D eigenvalue weighted by Gasteiger charge is 2.42. The van der Waals surface area contributed by atoms with E-state index in [-0.39, 0.29) is 35.8 Å². The molecule has 1 heterocycles. The van der Waals surface area contributed by atoms with E-state index in [9.17, 15) is 35.1 Å². The Hall–Kier alpha value is -2.72. The Morgan fingerprint density at radius 2 is 1.57 bits per heavy atom. The molecule has 35 heavy (non-hydrogen) atoms. The Kier molecular flexibility index (Phi) is 7.06. The van der Waals surface area contributed by atoms with Crippen LogP contribution in [-0.4, -0.2) is 12.7 Å². The van der Waals surface area contributed by atoms with Crippen LogP contribution in [0.15, 0.2) is 30.3 Å². The fourth-order valence-electron chi connectivity index (χ4n) is 4.22. The molecule has 188 valence electrons. The Bertz CT molecular complexity index is 1230. The number of halogens is 8. The van der Waals surface area contributed by atoms with Gasteiger partial charge in [0.05, 0.1) is 29.8 Å². The minimum Gasteiger partial charge on any atom is -0.371 e. The average Bonchev–Trinajstić information content (AvgIpc) is 2.81. The molecule has 3 aromatic carbocycles. The molecule has 10 heteroatoms. The third-order valence-corrected chi connectivity index (χ3v) is 5.96. The first-order valence-corrected chi connectivity index (χ1v) is 10.9. The molecule has 3 aromatic rings. The minimum absolute atomic E-state index is 0.00869. The molecule has 1 saturated heterocycles. The van der Waals surface area contributed by atoms with Crippen LogP contribution in [0.25, 0.3) is 10.8 Å². The van der Waals surface area contributed by atoms with Crippen molar-refractivity contribution in [2.45, 2.75) is 50.9 Å². The highest BCUT2D eigenvalue weighted by atomic mass is 19.3. The van der Waals surface area contributed by atoms with Crippen LogP contribution in [0.2, 0.25) is 0 Å². The largest absolute Gasteiger partial charge is 0.386 e. The molecule has 0 aromatic heterocycles. The highest BCUT2D eigenvalue weighted by molar-refractivity contribution is 5.85. The van der Waals surface area contributed by atoms with E-state index in [0.717, 1.165) is 12.1 Å². The summed E-state index contributed by atoms with van der Waals surface area (Å²) < 4.78 is 124. The van der Waals surface area contributed by atoms with Gasteiger partial charge in [-0.1, -0.05) is 25.5 Å². The second kappa shape index (κ2) is 9.73. The number of benzene rings is 3. The van der Waals surface area contributed by atoms with E-state index in [2.05, 4.69) is 0 Å². The van der Waals surface area contributed by atoms with Crippen molar-refractivity contribution in [3.63, 3.8) is 0 Å². The summed E-state index contributed by atoms with van der Waals surface area (Å²) in [7, 11) is 0. The van der Waals surface area contributed by atoms with Crippen molar-refractivity contribution in [3.05, 3.63) is 81.9 Å². The molecule has 0 saturated carbocycles. The van der Waals surface area contributed by atoms with Gasteiger partial charge in [0, 0.05) is 0 Å². The number of hydrogen-bond acceptors (Lipinski definition) is 2. The van der Waals surface area contributed by atoms with Crippen molar-refractivity contribution >= 4 is 10.8 Å². The standard InChI is InChI=1S/C25H20F8O2/c1-2-3-12-4-5-13-8-16(22(29)24(31)20(13)21(12)28)25(32,33)35-15-6-7-19(34-11-15)14-9-17(26)23(30)18(27)10-14/h4-5,8-10,15,19H,2-3,6-7,11H2,1H3. The second-order valence-corrected chi connectivity index (χ2v) is 8.39. The predicted octanol–water partition coefficient (Wildman–Crippen LogP) is 7.61. The average molecular weight is 504 g/mol. The Labute approximate surface area is 195 Å². The quantitative estimate of drug-likeness (QED) is 0.254. The van der Waals surface area contributed by atoms with Gasteiger partial charge in [-0.05, 0) is 54.0 Å². The van der Waals surface area contributed by atoms with Gasteiger partial charge in [-0.15, -0.1) is 0 Å². The van der Waals surface area contributed by atoms with E-state index in [0.29, 0.717) is 12.5 Å². The molecule has 4 rings (SSSR count). The first-order valence-electron chi connectivity index (χ1n) is 10.9. The Morgan fingerprint density at radius 1 is 0.886 bits per heavy atom. The van der Waals surface area contributed by atoms with Crippen LogP contribution < -0.4 is 0 Å². The number of ether oxygens (including phenoxy) is 2. The lowest BCUT2D eigenvalue weighted by Gasteiger charge is -2.32. The number of rotatable bonds is 6. The smallest absolute Gasteiger partial charge is 0.371 e. The van der Waals surface area contributed by atoms with Crippen molar-refractivity contribution in [2.24, 2.45) is 0 Å². The molecule has 2 atom stereocenters. The number of alkyl halides is 2. The van der Waals surface area contributed by atoms with E-state index in [1.54, 1.807) is 6.92 Å². The van der Waals surface area contributed by atoms with E-state index in [4.69, 9.17) is 9.47 Å². The van der Waals surface area contributed by atoms with Gasteiger partial charge < -0.3 is 9.47 Å². The lowest BCUT2D eigenvalue weighted by molar-refractivity contribution is -0.290. The van der Waals surface area contributed by atoms with E-state index in [1.165, 1.54) is 12.1 Å². The summed E-state index contributed by atoms with van der Waals surface area (Å²) in [5, 5.41) is -0.963. The van der Waals surface area contributed by atoms with Crippen molar-refractivity contribution in [1.82, 2.24) is 0 Å². The SMILES string of the molecule is CCCc1ccc2cc(C(F)(F)OC3CCC(c4cc(F)c(F)c(F)c4)OC3)c(F)c(F)c2c1F. The van der Waals surface area contributed by atoms with Gasteiger partial charge in [0.1, 0.15) is 5.82 Å². The molecule has 2 unspecified atom stereocenters. The number of hydrogen-bond donors (Lipinski definition) is 0. The molecule has 1 aliphatic rings. The zero-order valence-corrected chi connectivity index (χ0v) is 18.4. The van der Waals surface area contributed by atoms with Crippen molar-refractivity contribution < 1.29 is 44.6 Å². The number of aryl methyl sites for hydroxylation is 1. The maximum Gasteiger partial charge on any atom is 0.386 e. The zero-order valence-electron chi connectivity index (χ0n) is 18.4. The van der Waals surface area contributed by atoms with Crippen molar-refractivity contribution in [1.29, 1.82) is 0 Å². The number of fused-ring (bicyclic) bond motifs is 1. The van der Waals surface area contributed by atoms with Gasteiger partial charge >= 0.3 is 6.11 Å². The summed E-state index contributed by atoms with van der Waals surface area (Å²) in [4.78, 5) is 0. The molecular formula is C25H20F8O2. The van der Waals surface area contributed by atoms with Crippen LogP contribution >= 0.6 is 0 Å². The maximum absolute atomic E-state index is 14.9. The van der Waals surface area contributed by atoms with Gasteiger partial charge in [-0.25, -0.2) is 26.3 Å². The monoisotopic (exact) mass is 504 g/mol. The lowest BCUT2D eigenvalue weighted by Crippen LogP contribution is -2.34. The van der Waals surface area contributed by atoms with Crippen LogP contribution in [0.5, 0.6) is 0 Å². The van der Waals surface area contributed by atoms with E-state index in [1.807, 2.05) is 0 Å². The summed E-state index contributed by atoms with van der Waals surface area (Å²) >= 11 is 0. The van der Waals surface area contributed by atoms with Crippen LogP contribution in [-0.2, 0) is 22.0 Å². The van der Waals surface area contributed by atoms with Crippen LogP contribution in [0.4, 0.5) is 35.1 Å². The van der Waals surface area contributed by atoms with Crippen LogP contribution in [0.3, 0.4) is 0 Å². The van der Waals surface area contributed by atoms with E-state index < -0.39 is 70.8 Å². The Balaban J connectivity index is 1.53. The fraction of sp³-hybridized carbons (Fsp3) is 0.360. The van der Waals surface area contributed by atoms with Gasteiger partial charge in [0.15, 0.2) is 29.1 Å². The van der Waals surface area contributed by atoms with Crippen LogP contribution in [0, 0.1) is 34.9 Å². The molecule has 2 nitrogen and oxygen atoms in total. The fourth-order valence-corrected chi connectivity index (χ4v) is 4.22. The Morgan fingerprint density at radius 3 is 2.17 bits per heavy atom. The summed E-state index contributed by atoms with van der Waals surface area (Å²) in [6, 6.07) is 4.70. The zero-order chi connectivity index (χ0) is 25.5. The molecule has 0 aliphatic carbocycles. The molecular weight excluding hydrogens is 484 g/mol. The maximum atomic E-state index is 14.9. The normalized spacial score (nSPS) is 18.9. The third-order valence-electron chi connectivity index (χ3n) is 5.96. The summed E-state index contributed by atoms with van der Waals surface area (Å²) in [6.45, 7) is 1.32. The molecule has 0 bridgehead atoms. The van der Waals surface area contributed by atoms with Gasteiger partial charge in [-0.3, -0.25) is 0 Å². The summed E-state index contributed by atoms with van der Waals surface area (Å²) in [5.41, 5.74) is -1.27. The minimum atomic E-state index is -4.29. The molecule has 1 fully saturated rings.